The molecule has 0 aromatic rings. The number of hydrogen-bond donors (Lipinski definition) is 0. The quantitative estimate of drug-likeness (QED) is 0.568. The summed E-state index contributed by atoms with van der Waals surface area (Å²) in [7, 11) is 1.49. The van der Waals surface area contributed by atoms with Gasteiger partial charge in [0.25, 0.3) is 0 Å². The van der Waals surface area contributed by atoms with Crippen LogP contribution < -0.4 is 0 Å². The topological polar surface area (TPSA) is 26.3 Å². The number of rotatable bonds is 3. The SMILES string of the molecule is COC(=O)CC1CCCC(C2=CC=CC3CC23)CC1. The summed E-state index contributed by atoms with van der Waals surface area (Å²) in [6.07, 6.45) is 15.3. The maximum Gasteiger partial charge on any atom is 0.305 e. The molecule has 0 bridgehead atoms. The maximum absolute atomic E-state index is 11.4. The summed E-state index contributed by atoms with van der Waals surface area (Å²) in [5, 5.41) is 0. The van der Waals surface area contributed by atoms with Crippen molar-refractivity contribution < 1.29 is 9.53 Å². The summed E-state index contributed by atoms with van der Waals surface area (Å²) in [5.41, 5.74) is 1.71. The lowest BCUT2D eigenvalue weighted by Gasteiger charge is -2.20. The van der Waals surface area contributed by atoms with Crippen LogP contribution in [0, 0.1) is 23.7 Å². The van der Waals surface area contributed by atoms with Crippen LogP contribution in [0.25, 0.3) is 0 Å². The van der Waals surface area contributed by atoms with E-state index >= 15 is 0 Å². The van der Waals surface area contributed by atoms with Crippen molar-refractivity contribution >= 4 is 5.97 Å². The highest BCUT2D eigenvalue weighted by Crippen LogP contribution is 2.52. The molecule has 2 fully saturated rings. The van der Waals surface area contributed by atoms with Gasteiger partial charge in [0.15, 0.2) is 0 Å². The molecule has 0 aliphatic heterocycles. The summed E-state index contributed by atoms with van der Waals surface area (Å²) in [5.74, 6) is 3.02. The first-order valence-corrected chi connectivity index (χ1v) is 7.73. The summed E-state index contributed by atoms with van der Waals surface area (Å²) in [6, 6.07) is 0. The third-order valence-corrected chi connectivity index (χ3v) is 5.16. The Kier molecular flexibility index (Phi) is 3.76. The average molecular weight is 260 g/mol. The van der Waals surface area contributed by atoms with Crippen LogP contribution in [0.15, 0.2) is 23.8 Å². The fourth-order valence-electron chi connectivity index (χ4n) is 3.92. The van der Waals surface area contributed by atoms with Crippen LogP contribution in [0.4, 0.5) is 0 Å². The molecule has 0 radical (unpaired) electrons. The van der Waals surface area contributed by atoms with Gasteiger partial charge >= 0.3 is 5.97 Å². The van der Waals surface area contributed by atoms with Gasteiger partial charge in [-0.15, -0.1) is 0 Å². The van der Waals surface area contributed by atoms with Crippen LogP contribution in [0.2, 0.25) is 0 Å². The molecule has 0 spiro atoms. The van der Waals surface area contributed by atoms with Crippen molar-refractivity contribution in [3.05, 3.63) is 23.8 Å². The number of esters is 1. The molecule has 0 N–H and O–H groups in total. The van der Waals surface area contributed by atoms with E-state index in [1.165, 1.54) is 45.6 Å². The van der Waals surface area contributed by atoms with Gasteiger partial charge in [-0.25, -0.2) is 0 Å². The molecular formula is C17H24O2. The van der Waals surface area contributed by atoms with Gasteiger partial charge in [0, 0.05) is 6.42 Å². The molecule has 0 aromatic carbocycles. The third kappa shape index (κ3) is 2.93. The second-order valence-corrected chi connectivity index (χ2v) is 6.41. The van der Waals surface area contributed by atoms with Crippen molar-refractivity contribution in [2.24, 2.45) is 23.7 Å². The van der Waals surface area contributed by atoms with Crippen LogP contribution in [-0.2, 0) is 9.53 Å². The van der Waals surface area contributed by atoms with E-state index in [2.05, 4.69) is 18.2 Å². The molecule has 104 valence electrons. The normalized spacial score (nSPS) is 37.0. The van der Waals surface area contributed by atoms with E-state index in [0.29, 0.717) is 12.3 Å². The predicted octanol–water partition coefficient (Wildman–Crippen LogP) is 3.88. The highest BCUT2D eigenvalue weighted by atomic mass is 16.5. The molecule has 0 amide bonds. The fourth-order valence-corrected chi connectivity index (χ4v) is 3.92. The van der Waals surface area contributed by atoms with Crippen LogP contribution in [0.5, 0.6) is 0 Å². The zero-order chi connectivity index (χ0) is 13.2. The number of carbonyl (C=O) groups excluding carboxylic acids is 1. The molecule has 3 rings (SSSR count). The Morgan fingerprint density at radius 2 is 2.21 bits per heavy atom. The minimum Gasteiger partial charge on any atom is -0.469 e. The summed E-state index contributed by atoms with van der Waals surface area (Å²) < 4.78 is 4.80. The second kappa shape index (κ2) is 5.52. The smallest absolute Gasteiger partial charge is 0.305 e. The van der Waals surface area contributed by atoms with Gasteiger partial charge < -0.3 is 4.74 Å². The lowest BCUT2D eigenvalue weighted by molar-refractivity contribution is -0.141. The summed E-state index contributed by atoms with van der Waals surface area (Å²) in [6.45, 7) is 0. The van der Waals surface area contributed by atoms with Gasteiger partial charge in [0.2, 0.25) is 0 Å². The molecule has 0 heterocycles. The van der Waals surface area contributed by atoms with Gasteiger partial charge in [-0.2, -0.15) is 0 Å². The molecule has 4 unspecified atom stereocenters. The van der Waals surface area contributed by atoms with E-state index in [1.807, 2.05) is 0 Å². The van der Waals surface area contributed by atoms with Crippen molar-refractivity contribution in [1.82, 2.24) is 0 Å². The van der Waals surface area contributed by atoms with Crippen molar-refractivity contribution in [1.29, 1.82) is 0 Å². The standard InChI is InChI=1S/C17H24O2/c1-19-17(18)10-12-4-2-5-13(9-8-12)15-7-3-6-14-11-16(14)15/h3,6-7,12-14,16H,2,4-5,8-11H2,1H3. The zero-order valence-electron chi connectivity index (χ0n) is 11.8. The van der Waals surface area contributed by atoms with E-state index in [1.54, 1.807) is 5.57 Å². The largest absolute Gasteiger partial charge is 0.469 e. The Balaban J connectivity index is 1.57. The van der Waals surface area contributed by atoms with Crippen LogP contribution >= 0.6 is 0 Å². The maximum atomic E-state index is 11.4. The Bertz CT molecular complexity index is 407. The fraction of sp³-hybridized carbons (Fsp3) is 0.706. The van der Waals surface area contributed by atoms with Crippen molar-refractivity contribution in [2.45, 2.75) is 44.9 Å². The second-order valence-electron chi connectivity index (χ2n) is 6.41. The number of methoxy groups -OCH3 is 1. The minimum absolute atomic E-state index is 0.0366. The molecule has 2 nitrogen and oxygen atoms in total. The lowest BCUT2D eigenvalue weighted by Crippen LogP contribution is -2.10. The van der Waals surface area contributed by atoms with E-state index in [9.17, 15) is 4.79 Å². The molecular weight excluding hydrogens is 236 g/mol. The summed E-state index contributed by atoms with van der Waals surface area (Å²) >= 11 is 0. The van der Waals surface area contributed by atoms with Crippen molar-refractivity contribution in [3.8, 4) is 0 Å². The van der Waals surface area contributed by atoms with Gasteiger partial charge in [0.1, 0.15) is 0 Å². The number of fused-ring (bicyclic) bond motifs is 1. The monoisotopic (exact) mass is 260 g/mol. The average Bonchev–Trinajstić information content (AvgIpc) is 3.21. The van der Waals surface area contributed by atoms with E-state index in [-0.39, 0.29) is 5.97 Å². The highest BCUT2D eigenvalue weighted by molar-refractivity contribution is 5.69. The van der Waals surface area contributed by atoms with Crippen molar-refractivity contribution in [2.75, 3.05) is 7.11 Å². The zero-order valence-corrected chi connectivity index (χ0v) is 11.8. The van der Waals surface area contributed by atoms with Crippen LogP contribution in [0.3, 0.4) is 0 Å². The van der Waals surface area contributed by atoms with Crippen molar-refractivity contribution in [3.63, 3.8) is 0 Å². The van der Waals surface area contributed by atoms with Gasteiger partial charge in [-0.3, -0.25) is 4.79 Å². The highest BCUT2D eigenvalue weighted by Gasteiger charge is 2.41. The Morgan fingerprint density at radius 3 is 3.05 bits per heavy atom. The first-order valence-electron chi connectivity index (χ1n) is 7.73. The molecule has 0 aromatic heterocycles. The molecule has 4 atom stereocenters. The number of allylic oxidation sites excluding steroid dienone is 4. The summed E-state index contributed by atoms with van der Waals surface area (Å²) in [4.78, 5) is 11.4. The van der Waals surface area contributed by atoms with E-state index < -0.39 is 0 Å². The minimum atomic E-state index is -0.0366. The van der Waals surface area contributed by atoms with Gasteiger partial charge in [-0.05, 0) is 55.8 Å². The Labute approximate surface area is 115 Å². The Morgan fingerprint density at radius 1 is 1.32 bits per heavy atom. The first kappa shape index (κ1) is 13.0. The molecule has 2 saturated carbocycles. The van der Waals surface area contributed by atoms with Gasteiger partial charge in [-0.1, -0.05) is 30.2 Å². The number of ether oxygens (including phenoxy) is 1. The third-order valence-electron chi connectivity index (χ3n) is 5.16. The number of carbonyl (C=O) groups is 1. The van der Waals surface area contributed by atoms with Gasteiger partial charge in [0.05, 0.1) is 7.11 Å². The molecule has 3 aliphatic carbocycles. The number of hydrogen-bond acceptors (Lipinski definition) is 2. The Hall–Kier alpha value is -1.05. The van der Waals surface area contributed by atoms with Crippen LogP contribution in [-0.4, -0.2) is 13.1 Å². The molecule has 3 aliphatic rings. The first-order chi connectivity index (χ1) is 9.28. The molecule has 2 heteroatoms. The molecule has 19 heavy (non-hydrogen) atoms. The van der Waals surface area contributed by atoms with Crippen LogP contribution in [0.1, 0.15) is 44.9 Å². The van der Waals surface area contributed by atoms with E-state index in [0.717, 1.165) is 17.8 Å². The predicted molar refractivity (Wildman–Crippen MR) is 75.5 cm³/mol. The molecule has 0 saturated heterocycles. The lowest BCUT2D eigenvalue weighted by atomic mass is 9.85. The van der Waals surface area contributed by atoms with E-state index in [4.69, 9.17) is 4.74 Å².